The molecule has 0 saturated heterocycles. The average Bonchev–Trinajstić information content (AvgIpc) is 3.11. The minimum atomic E-state index is -0.270. The number of aliphatic imine (C=N–C) groups is 2. The summed E-state index contributed by atoms with van der Waals surface area (Å²) >= 11 is 0. The molecule has 3 unspecified atom stereocenters. The van der Waals surface area contributed by atoms with Gasteiger partial charge in [0, 0.05) is 18.3 Å². The Labute approximate surface area is 151 Å². The van der Waals surface area contributed by atoms with Crippen LogP contribution >= 0.6 is 0 Å². The molecule has 3 nitrogen and oxygen atoms in total. The van der Waals surface area contributed by atoms with E-state index in [1.54, 1.807) is 6.21 Å². The fourth-order valence-electron chi connectivity index (χ4n) is 2.77. The summed E-state index contributed by atoms with van der Waals surface area (Å²) in [5.74, 6) is 0.285. The summed E-state index contributed by atoms with van der Waals surface area (Å²) in [6.45, 7) is 15.5. The van der Waals surface area contributed by atoms with Crippen LogP contribution in [0.2, 0.25) is 0 Å². The molecule has 1 N–H and O–H groups in total. The van der Waals surface area contributed by atoms with Crippen LogP contribution in [0.15, 0.2) is 39.8 Å². The monoisotopic (exact) mass is 338 g/mol. The van der Waals surface area contributed by atoms with Gasteiger partial charge in [-0.25, -0.2) is 0 Å². The molecule has 0 spiro atoms. The van der Waals surface area contributed by atoms with E-state index in [0.29, 0.717) is 6.54 Å². The van der Waals surface area contributed by atoms with Gasteiger partial charge >= 0.3 is 0 Å². The number of hydrogen-bond acceptors (Lipinski definition) is 3. The molecule has 1 fully saturated rings. The molecule has 1 aromatic carbocycles. The maximum absolute atomic E-state index is 9.49. The number of nitrogens with zero attached hydrogens (tertiary/aromatic N) is 2. The largest absolute Gasteiger partial charge is 0.391 e. The fourth-order valence-corrected chi connectivity index (χ4v) is 2.77. The first-order chi connectivity index (χ1) is 11.7. The standard InChI is InChI=1S/C22H30N2O/c1-15(14-24-20-17(3)21(20)25)10-12-23-13-11-18-8-7-9-19(16(18)2)22(4,5)6/h7-12,14,17,20-21,25H,2,13H2,1,3-6H3/b15-10-,18-11-,23-12?,24-14?. The Hall–Kier alpha value is -2.00. The summed E-state index contributed by atoms with van der Waals surface area (Å²) in [6.07, 6.45) is 7.39. The first-order valence-electron chi connectivity index (χ1n) is 8.88. The molecule has 134 valence electrons. The average molecular weight is 338 g/mol. The highest BCUT2D eigenvalue weighted by molar-refractivity contribution is 5.86. The highest BCUT2D eigenvalue weighted by atomic mass is 16.3. The molecule has 3 heteroatoms. The molecule has 1 saturated carbocycles. The second kappa shape index (κ2) is 7.92. The summed E-state index contributed by atoms with van der Waals surface area (Å²) in [4.78, 5) is 8.78. The summed E-state index contributed by atoms with van der Waals surface area (Å²) in [5, 5.41) is 11.7. The van der Waals surface area contributed by atoms with E-state index >= 15 is 0 Å². The van der Waals surface area contributed by atoms with E-state index in [9.17, 15) is 5.11 Å². The van der Waals surface area contributed by atoms with Gasteiger partial charge < -0.3 is 5.11 Å². The zero-order chi connectivity index (χ0) is 18.6. The van der Waals surface area contributed by atoms with Crippen molar-refractivity contribution in [1.82, 2.24) is 0 Å². The summed E-state index contributed by atoms with van der Waals surface area (Å²) in [7, 11) is 0. The highest BCUT2D eigenvalue weighted by Gasteiger charge is 2.45. The number of allylic oxidation sites excluding steroid dienone is 2. The Balaban J connectivity index is 1.98. The molecule has 1 aromatic rings. The van der Waals surface area contributed by atoms with E-state index < -0.39 is 0 Å². The first-order valence-corrected chi connectivity index (χ1v) is 8.88. The Morgan fingerprint density at radius 1 is 1.32 bits per heavy atom. The predicted molar refractivity (Wildman–Crippen MR) is 109 cm³/mol. The zero-order valence-electron chi connectivity index (χ0n) is 16.0. The SMILES string of the molecule is C=c1c(C(C)(C)C)ccc/c1=C/CN=C/C=C(/C)C=NC1C(C)C1O. The highest BCUT2D eigenvalue weighted by Crippen LogP contribution is 2.33. The van der Waals surface area contributed by atoms with Crippen molar-refractivity contribution < 1.29 is 5.11 Å². The molecule has 0 heterocycles. The van der Waals surface area contributed by atoms with Crippen molar-refractivity contribution >= 4 is 25.1 Å². The predicted octanol–water partition coefficient (Wildman–Crippen LogP) is 2.64. The molecule has 0 aliphatic heterocycles. The van der Waals surface area contributed by atoms with Crippen LogP contribution < -0.4 is 10.4 Å². The number of rotatable bonds is 5. The van der Waals surface area contributed by atoms with E-state index in [-0.39, 0.29) is 23.5 Å². The zero-order valence-corrected chi connectivity index (χ0v) is 16.0. The smallest absolute Gasteiger partial charge is 0.0814 e. The number of aliphatic hydroxyl groups excluding tert-OH is 1. The number of hydrogen-bond donors (Lipinski definition) is 1. The van der Waals surface area contributed by atoms with E-state index in [0.717, 1.165) is 16.0 Å². The molecule has 1 aliphatic carbocycles. The molecule has 2 rings (SSSR count). The lowest BCUT2D eigenvalue weighted by molar-refractivity contribution is 0.259. The number of aliphatic hydroxyl groups is 1. The van der Waals surface area contributed by atoms with E-state index in [1.165, 1.54) is 5.56 Å². The van der Waals surface area contributed by atoms with Crippen molar-refractivity contribution in [2.45, 2.75) is 52.2 Å². The normalized spacial score (nSPS) is 25.3. The van der Waals surface area contributed by atoms with Crippen molar-refractivity contribution in [3.05, 3.63) is 45.8 Å². The van der Waals surface area contributed by atoms with Crippen molar-refractivity contribution in [2.75, 3.05) is 6.54 Å². The quantitative estimate of drug-likeness (QED) is 0.824. The molecule has 3 atom stereocenters. The fraction of sp³-hybridized carbons (Fsp3) is 0.455. The lowest BCUT2D eigenvalue weighted by Gasteiger charge is -2.19. The molecule has 0 radical (unpaired) electrons. The van der Waals surface area contributed by atoms with E-state index in [2.05, 4.69) is 61.6 Å². The molecular formula is C22H30N2O. The maximum atomic E-state index is 9.49. The van der Waals surface area contributed by atoms with Crippen LogP contribution in [0.5, 0.6) is 0 Å². The lowest BCUT2D eigenvalue weighted by atomic mass is 9.85. The molecular weight excluding hydrogens is 308 g/mol. The molecule has 25 heavy (non-hydrogen) atoms. The second-order valence-corrected chi connectivity index (χ2v) is 7.87. The minimum absolute atomic E-state index is 0.0687. The maximum Gasteiger partial charge on any atom is 0.0814 e. The number of benzene rings is 1. The van der Waals surface area contributed by atoms with E-state index in [4.69, 9.17) is 0 Å². The van der Waals surface area contributed by atoms with Crippen LogP contribution in [0.4, 0.5) is 0 Å². The van der Waals surface area contributed by atoms with Crippen molar-refractivity contribution in [2.24, 2.45) is 15.9 Å². The molecule has 0 amide bonds. The lowest BCUT2D eigenvalue weighted by Crippen LogP contribution is -2.33. The van der Waals surface area contributed by atoms with Gasteiger partial charge in [0.25, 0.3) is 0 Å². The van der Waals surface area contributed by atoms with Crippen molar-refractivity contribution in [1.29, 1.82) is 0 Å². The van der Waals surface area contributed by atoms with Crippen LogP contribution in [0.3, 0.4) is 0 Å². The van der Waals surface area contributed by atoms with Crippen molar-refractivity contribution in [3.63, 3.8) is 0 Å². The van der Waals surface area contributed by atoms with Gasteiger partial charge in [-0.2, -0.15) is 0 Å². The Morgan fingerprint density at radius 3 is 2.60 bits per heavy atom. The van der Waals surface area contributed by atoms with Crippen LogP contribution in [-0.2, 0) is 5.41 Å². The van der Waals surface area contributed by atoms with Crippen LogP contribution in [0.25, 0.3) is 12.7 Å². The minimum Gasteiger partial charge on any atom is -0.391 e. The van der Waals surface area contributed by atoms with Gasteiger partial charge in [-0.05, 0) is 40.0 Å². The third-order valence-electron chi connectivity index (χ3n) is 4.62. The topological polar surface area (TPSA) is 45.0 Å². The Morgan fingerprint density at radius 2 is 2.00 bits per heavy atom. The van der Waals surface area contributed by atoms with Crippen molar-refractivity contribution in [3.8, 4) is 0 Å². The molecule has 0 bridgehead atoms. The van der Waals surface area contributed by atoms with Gasteiger partial charge in [0.2, 0.25) is 0 Å². The van der Waals surface area contributed by atoms with Crippen LogP contribution in [0, 0.1) is 5.92 Å². The first kappa shape index (κ1) is 19.3. The van der Waals surface area contributed by atoms with Crippen LogP contribution in [0.1, 0.15) is 40.2 Å². The third-order valence-corrected chi connectivity index (χ3v) is 4.62. The molecule has 0 aromatic heterocycles. The Kier molecular flexibility index (Phi) is 6.12. The second-order valence-electron chi connectivity index (χ2n) is 7.87. The Bertz CT molecular complexity index is 788. The van der Waals surface area contributed by atoms with Gasteiger partial charge in [0.05, 0.1) is 18.7 Å². The van der Waals surface area contributed by atoms with Gasteiger partial charge in [-0.1, -0.05) is 58.5 Å². The van der Waals surface area contributed by atoms with Gasteiger partial charge in [0.1, 0.15) is 0 Å². The summed E-state index contributed by atoms with van der Waals surface area (Å²) < 4.78 is 0. The van der Waals surface area contributed by atoms with Crippen LogP contribution in [-0.4, -0.2) is 36.2 Å². The van der Waals surface area contributed by atoms with E-state index in [1.807, 2.05) is 26.1 Å². The summed E-state index contributed by atoms with van der Waals surface area (Å²) in [5.41, 5.74) is 2.40. The third kappa shape index (κ3) is 5.23. The van der Waals surface area contributed by atoms with Gasteiger partial charge in [-0.15, -0.1) is 0 Å². The summed E-state index contributed by atoms with van der Waals surface area (Å²) in [6, 6.07) is 6.38. The van der Waals surface area contributed by atoms with Gasteiger partial charge in [0.15, 0.2) is 0 Å². The molecule has 1 aliphatic rings. The van der Waals surface area contributed by atoms with Gasteiger partial charge in [-0.3, -0.25) is 9.98 Å².